The Morgan fingerprint density at radius 2 is 1.40 bits per heavy atom. The number of amides is 1. The van der Waals surface area contributed by atoms with E-state index < -0.39 is 16.4 Å². The molecule has 1 heterocycles. The Hall–Kier alpha value is 0.420. The summed E-state index contributed by atoms with van der Waals surface area (Å²) in [5.41, 5.74) is 0.864. The van der Waals surface area contributed by atoms with Crippen molar-refractivity contribution in [3.63, 3.8) is 0 Å². The van der Waals surface area contributed by atoms with E-state index in [-0.39, 0.29) is 64.4 Å². The zero-order valence-corrected chi connectivity index (χ0v) is 27.2. The van der Waals surface area contributed by atoms with Crippen LogP contribution >= 0.6 is 69.6 Å². The maximum Gasteiger partial charge on any atom is 2.00 e. The van der Waals surface area contributed by atoms with Gasteiger partial charge in [0.15, 0.2) is 17.5 Å². The van der Waals surface area contributed by atoms with Gasteiger partial charge < -0.3 is 33.8 Å². The molecule has 194 valence electrons. The molecule has 1 aromatic heterocycles. The molecule has 0 aliphatic rings. The van der Waals surface area contributed by atoms with Gasteiger partial charge >= 0.3 is 35.0 Å². The first-order valence-corrected chi connectivity index (χ1v) is 13.1. The monoisotopic (exact) mass is 700 g/mol. The average molecular weight is 704 g/mol. The van der Waals surface area contributed by atoms with Crippen molar-refractivity contribution >= 4 is 84.3 Å². The van der Waals surface area contributed by atoms with Crippen molar-refractivity contribution < 1.29 is 44.6 Å². The third kappa shape index (κ3) is 11.4. The Morgan fingerprint density at radius 1 is 0.943 bits per heavy atom. The van der Waals surface area contributed by atoms with E-state index in [0.29, 0.717) is 30.1 Å². The Kier molecular flexibility index (Phi) is 16.9. The molecule has 2 aromatic rings. The predicted molar refractivity (Wildman–Crippen MR) is 140 cm³/mol. The SMILES string of the molecule is CO[Si](O)(CCCNC(=O)c1ccc(-c2nc(C(Cl)(Cl)Cl)nc(C(Cl)(Cl)Cl)n2)cc1)OC.[CH3-].[CH3-].[Zr+2]. The summed E-state index contributed by atoms with van der Waals surface area (Å²) in [4.78, 5) is 34.5. The average Bonchev–Trinajstić information content (AvgIpc) is 2.75. The fraction of sp³-hybridized carbons (Fsp3) is 0.368. The molecule has 16 heteroatoms. The van der Waals surface area contributed by atoms with Gasteiger partial charge in [-0.05, 0) is 18.6 Å². The summed E-state index contributed by atoms with van der Waals surface area (Å²) < 4.78 is 6.03. The largest absolute Gasteiger partial charge is 2.00 e. The van der Waals surface area contributed by atoms with Crippen LogP contribution in [0.15, 0.2) is 24.3 Å². The molecule has 0 saturated heterocycles. The van der Waals surface area contributed by atoms with E-state index in [9.17, 15) is 9.59 Å². The molecule has 0 unspecified atom stereocenters. The van der Waals surface area contributed by atoms with Gasteiger partial charge in [0.25, 0.3) is 5.91 Å². The van der Waals surface area contributed by atoms with E-state index in [1.165, 1.54) is 14.2 Å². The van der Waals surface area contributed by atoms with Gasteiger partial charge in [0.1, 0.15) is 0 Å². The van der Waals surface area contributed by atoms with Crippen LogP contribution in [0.25, 0.3) is 11.4 Å². The molecule has 8 nitrogen and oxygen atoms in total. The van der Waals surface area contributed by atoms with Crippen molar-refractivity contribution in [3.05, 3.63) is 56.3 Å². The molecule has 0 atom stereocenters. The van der Waals surface area contributed by atoms with Gasteiger partial charge in [-0.3, -0.25) is 4.79 Å². The Bertz CT molecular complexity index is 912. The Labute approximate surface area is 255 Å². The van der Waals surface area contributed by atoms with Crippen molar-refractivity contribution in [2.24, 2.45) is 0 Å². The van der Waals surface area contributed by atoms with Gasteiger partial charge in [0, 0.05) is 37.9 Å². The maximum atomic E-state index is 12.4. The number of alkyl halides is 6. The van der Waals surface area contributed by atoms with Gasteiger partial charge in [-0.15, -0.1) is 0 Å². The third-order valence-electron chi connectivity index (χ3n) is 4.14. The molecule has 1 amide bonds. The number of rotatable bonds is 8. The van der Waals surface area contributed by atoms with E-state index in [4.69, 9.17) is 78.5 Å². The third-order valence-corrected chi connectivity index (χ3v) is 7.42. The number of hydrogen-bond donors (Lipinski definition) is 2. The van der Waals surface area contributed by atoms with Crippen LogP contribution in [-0.2, 0) is 42.6 Å². The smallest absolute Gasteiger partial charge is 0.390 e. The summed E-state index contributed by atoms with van der Waals surface area (Å²) in [6.07, 6.45) is 0.485. The van der Waals surface area contributed by atoms with Gasteiger partial charge in [0.2, 0.25) is 7.59 Å². The van der Waals surface area contributed by atoms with Gasteiger partial charge in [0.05, 0.1) is 0 Å². The summed E-state index contributed by atoms with van der Waals surface area (Å²) in [5.74, 6) is -0.647. The van der Waals surface area contributed by atoms with Crippen LogP contribution in [0.2, 0.25) is 6.04 Å². The molecule has 35 heavy (non-hydrogen) atoms. The number of nitrogens with zero attached hydrogens (tertiary/aromatic N) is 3. The number of nitrogens with one attached hydrogen (secondary N) is 1. The van der Waals surface area contributed by atoms with Crippen LogP contribution in [-0.4, -0.2) is 55.2 Å². The zero-order valence-electron chi connectivity index (χ0n) is 19.2. The molecule has 1 aromatic carbocycles. The molecule has 0 fully saturated rings. The minimum atomic E-state index is -3.16. The number of carbonyl (C=O) groups excluding carboxylic acids is 1. The summed E-state index contributed by atoms with van der Waals surface area (Å²) in [6, 6.07) is 6.63. The van der Waals surface area contributed by atoms with Gasteiger partial charge in [-0.25, -0.2) is 15.0 Å². The summed E-state index contributed by atoms with van der Waals surface area (Å²) >= 11 is 35.3. The van der Waals surface area contributed by atoms with Crippen LogP contribution in [0.1, 0.15) is 28.4 Å². The number of benzene rings is 1. The predicted octanol–water partition coefficient (Wildman–Crippen LogP) is 5.43. The van der Waals surface area contributed by atoms with E-state index in [2.05, 4.69) is 20.3 Å². The number of aromatic nitrogens is 3. The van der Waals surface area contributed by atoms with E-state index in [0.717, 1.165) is 0 Å². The first kappa shape index (κ1) is 37.6. The van der Waals surface area contributed by atoms with E-state index in [1.807, 2.05) is 0 Å². The molecule has 0 aliphatic heterocycles. The van der Waals surface area contributed by atoms with Gasteiger partial charge in [-0.2, -0.15) is 0 Å². The maximum absolute atomic E-state index is 12.4. The molecule has 2 N–H and O–H groups in total. The van der Waals surface area contributed by atoms with Crippen molar-refractivity contribution in [2.45, 2.75) is 20.0 Å². The normalized spacial score (nSPS) is 11.6. The molecule has 0 aliphatic carbocycles. The molecule has 0 spiro atoms. The number of halogens is 6. The van der Waals surface area contributed by atoms with Crippen LogP contribution < -0.4 is 5.32 Å². The molecule has 2 rings (SSSR count). The fourth-order valence-electron chi connectivity index (χ4n) is 2.43. The van der Waals surface area contributed by atoms with Crippen molar-refractivity contribution in [1.82, 2.24) is 20.3 Å². The zero-order chi connectivity index (χ0) is 24.2. The summed E-state index contributed by atoms with van der Waals surface area (Å²) in [7, 11) is -0.389. The van der Waals surface area contributed by atoms with Crippen LogP contribution in [0.4, 0.5) is 0 Å². The second-order valence-corrected chi connectivity index (χ2v) is 13.7. The topological polar surface area (TPSA) is 106 Å². The van der Waals surface area contributed by atoms with Crippen molar-refractivity contribution in [3.8, 4) is 11.4 Å². The summed E-state index contributed by atoms with van der Waals surface area (Å²) in [6.45, 7) is 0.329. The van der Waals surface area contributed by atoms with Crippen LogP contribution in [0.5, 0.6) is 0 Å². The van der Waals surface area contributed by atoms with Crippen molar-refractivity contribution in [1.29, 1.82) is 0 Å². The van der Waals surface area contributed by atoms with Gasteiger partial charge in [-0.1, -0.05) is 81.7 Å². The Balaban J connectivity index is 0. The van der Waals surface area contributed by atoms with Crippen LogP contribution in [0.3, 0.4) is 0 Å². The summed E-state index contributed by atoms with van der Waals surface area (Å²) in [5, 5.41) is 2.75. The molecular weight excluding hydrogens is 680 g/mol. The van der Waals surface area contributed by atoms with E-state index >= 15 is 0 Å². The van der Waals surface area contributed by atoms with Crippen molar-refractivity contribution in [2.75, 3.05) is 20.8 Å². The molecular formula is C19H24Cl6N4O4SiZr. The second kappa shape index (κ2) is 15.7. The molecule has 0 bridgehead atoms. The van der Waals surface area contributed by atoms with E-state index in [1.54, 1.807) is 24.3 Å². The first-order chi connectivity index (χ1) is 14.8. The minimum absolute atomic E-state index is 0. The Morgan fingerprint density at radius 3 is 1.80 bits per heavy atom. The fourth-order valence-corrected chi connectivity index (χ4v) is 4.14. The first-order valence-electron chi connectivity index (χ1n) is 8.91. The number of carbonyl (C=O) groups is 1. The second-order valence-electron chi connectivity index (χ2n) is 6.36. The number of hydrogen-bond acceptors (Lipinski definition) is 7. The quantitative estimate of drug-likeness (QED) is 0.163. The van der Waals surface area contributed by atoms with Crippen LogP contribution in [0, 0.1) is 14.9 Å². The minimum Gasteiger partial charge on any atom is -0.390 e. The standard InChI is InChI=1S/C17H18Cl6N4O4Si.2CH3.Zr/c1-30-32(29,31-2)9-3-8-24-13(28)11-6-4-10(5-7-11)12-25-14(16(18,19)20)27-15(26-12)17(21,22)23;;;/h4-7,29H,3,8-9H2,1-2H3,(H,24,28);2*1H3;/q;2*-1;+2. The molecule has 0 radical (unpaired) electrons. The molecule has 0 saturated carbocycles.